The Morgan fingerprint density at radius 2 is 0.652 bits per heavy atom. The van der Waals surface area contributed by atoms with Crippen LogP contribution in [0, 0.1) is 0 Å². The number of esters is 3. The minimum atomic E-state index is -0.793. The van der Waals surface area contributed by atoms with Gasteiger partial charge in [-0.2, -0.15) is 0 Å². The molecular weight excluding hydrogens is 853 g/mol. The number of hydrogen-bond acceptors (Lipinski definition) is 6. The molecule has 0 spiro atoms. The first-order valence-corrected chi connectivity index (χ1v) is 29.2. The van der Waals surface area contributed by atoms with Crippen LogP contribution in [0.1, 0.15) is 278 Å². The lowest BCUT2D eigenvalue weighted by atomic mass is 10.0. The molecule has 396 valence electrons. The predicted molar refractivity (Wildman–Crippen MR) is 297 cm³/mol. The largest absolute Gasteiger partial charge is 0.462 e. The van der Waals surface area contributed by atoms with Gasteiger partial charge >= 0.3 is 17.9 Å². The van der Waals surface area contributed by atoms with E-state index in [4.69, 9.17) is 14.2 Å². The van der Waals surface area contributed by atoms with E-state index in [1.165, 1.54) is 135 Å². The van der Waals surface area contributed by atoms with Gasteiger partial charge in [0.15, 0.2) is 6.10 Å². The van der Waals surface area contributed by atoms with E-state index in [-0.39, 0.29) is 31.1 Å². The van der Waals surface area contributed by atoms with Gasteiger partial charge in [-0.1, -0.05) is 279 Å². The minimum absolute atomic E-state index is 0.0879. The van der Waals surface area contributed by atoms with E-state index in [0.717, 1.165) is 103 Å². The Kier molecular flexibility index (Phi) is 54.3. The second-order valence-electron chi connectivity index (χ2n) is 19.3. The van der Waals surface area contributed by atoms with Gasteiger partial charge in [0.2, 0.25) is 0 Å². The summed E-state index contributed by atoms with van der Waals surface area (Å²) in [5, 5.41) is 0. The van der Waals surface area contributed by atoms with Gasteiger partial charge in [-0.05, 0) is 64.2 Å². The van der Waals surface area contributed by atoms with E-state index in [2.05, 4.69) is 81.5 Å². The molecule has 0 heterocycles. The first kappa shape index (κ1) is 65.6. The molecule has 0 radical (unpaired) electrons. The fourth-order valence-electron chi connectivity index (χ4n) is 8.16. The molecule has 0 rings (SSSR count). The first-order chi connectivity index (χ1) is 34.0. The summed E-state index contributed by atoms with van der Waals surface area (Å²) in [5.74, 6) is -0.913. The number of unbranched alkanes of at least 4 members (excludes halogenated alkanes) is 31. The van der Waals surface area contributed by atoms with E-state index in [1.807, 2.05) is 24.3 Å². The van der Waals surface area contributed by atoms with Crippen molar-refractivity contribution < 1.29 is 28.6 Å². The highest BCUT2D eigenvalue weighted by Gasteiger charge is 2.19. The number of hydrogen-bond donors (Lipinski definition) is 0. The molecule has 0 bridgehead atoms. The van der Waals surface area contributed by atoms with Crippen LogP contribution in [0.4, 0.5) is 0 Å². The summed E-state index contributed by atoms with van der Waals surface area (Å²) in [4.78, 5) is 38.2. The average molecular weight is 962 g/mol. The van der Waals surface area contributed by atoms with Gasteiger partial charge in [-0.25, -0.2) is 0 Å². The van der Waals surface area contributed by atoms with Crippen molar-refractivity contribution in [1.82, 2.24) is 0 Å². The summed E-state index contributed by atoms with van der Waals surface area (Å²) in [6.45, 7) is 6.44. The van der Waals surface area contributed by atoms with Crippen molar-refractivity contribution in [3.8, 4) is 0 Å². The Morgan fingerprint density at radius 1 is 0.319 bits per heavy atom. The second kappa shape index (κ2) is 57.2. The Labute approximate surface area is 426 Å². The maximum absolute atomic E-state index is 12.9. The van der Waals surface area contributed by atoms with Crippen LogP contribution in [0.25, 0.3) is 0 Å². The molecule has 0 saturated carbocycles. The number of carbonyl (C=O) groups excluding carboxylic acids is 3. The zero-order valence-corrected chi connectivity index (χ0v) is 45.3. The topological polar surface area (TPSA) is 78.9 Å². The SMILES string of the molecule is CC/C=C\C/C=C\CCCCCCCCCC(=O)OCC(COC(=O)CCCCCCCCCCCCCCCCCCCCC)OC(=O)CCCCCCC\C=C/C=C\C=C/C=C\C=C/CCC. The van der Waals surface area contributed by atoms with Crippen molar-refractivity contribution in [3.63, 3.8) is 0 Å². The molecule has 0 aromatic heterocycles. The maximum atomic E-state index is 12.9. The zero-order valence-electron chi connectivity index (χ0n) is 45.3. The molecule has 0 aliphatic carbocycles. The molecule has 0 aromatic rings. The number of ether oxygens (including phenoxy) is 3. The number of rotatable bonds is 52. The van der Waals surface area contributed by atoms with Gasteiger partial charge < -0.3 is 14.2 Å². The summed E-state index contributed by atoms with van der Waals surface area (Å²) in [6.07, 6.45) is 74.3. The van der Waals surface area contributed by atoms with Crippen molar-refractivity contribution in [1.29, 1.82) is 0 Å². The van der Waals surface area contributed by atoms with Gasteiger partial charge in [0.05, 0.1) is 0 Å². The predicted octanol–water partition coefficient (Wildman–Crippen LogP) is 19.5. The third kappa shape index (κ3) is 55.4. The monoisotopic (exact) mass is 961 g/mol. The van der Waals surface area contributed by atoms with E-state index in [1.54, 1.807) is 0 Å². The van der Waals surface area contributed by atoms with Crippen molar-refractivity contribution >= 4 is 17.9 Å². The van der Waals surface area contributed by atoms with Crippen molar-refractivity contribution in [2.75, 3.05) is 13.2 Å². The summed E-state index contributed by atoms with van der Waals surface area (Å²) in [5.41, 5.74) is 0. The molecule has 1 atom stereocenters. The number of allylic oxidation sites excluding steroid dienone is 14. The number of carbonyl (C=O) groups is 3. The van der Waals surface area contributed by atoms with Gasteiger partial charge in [0, 0.05) is 19.3 Å². The lowest BCUT2D eigenvalue weighted by Gasteiger charge is -2.18. The highest BCUT2D eigenvalue weighted by atomic mass is 16.6. The van der Waals surface area contributed by atoms with Crippen molar-refractivity contribution in [2.45, 2.75) is 284 Å². The Morgan fingerprint density at radius 3 is 1.06 bits per heavy atom. The maximum Gasteiger partial charge on any atom is 0.306 e. The van der Waals surface area contributed by atoms with Gasteiger partial charge in [0.1, 0.15) is 13.2 Å². The van der Waals surface area contributed by atoms with Crippen LogP contribution in [0.3, 0.4) is 0 Å². The molecule has 0 aliphatic heterocycles. The summed E-state index contributed by atoms with van der Waals surface area (Å²) < 4.78 is 16.9. The van der Waals surface area contributed by atoms with E-state index >= 15 is 0 Å². The van der Waals surface area contributed by atoms with Crippen LogP contribution in [0.2, 0.25) is 0 Å². The first-order valence-electron chi connectivity index (χ1n) is 29.2. The lowest BCUT2D eigenvalue weighted by Crippen LogP contribution is -2.30. The third-order valence-corrected chi connectivity index (χ3v) is 12.5. The van der Waals surface area contributed by atoms with E-state index in [0.29, 0.717) is 19.3 Å². The highest BCUT2D eigenvalue weighted by molar-refractivity contribution is 5.71. The van der Waals surface area contributed by atoms with Gasteiger partial charge in [0.25, 0.3) is 0 Å². The molecular formula is C63H108O6. The summed E-state index contributed by atoms with van der Waals surface area (Å²) in [7, 11) is 0. The molecule has 6 nitrogen and oxygen atoms in total. The summed E-state index contributed by atoms with van der Waals surface area (Å²) in [6, 6.07) is 0. The standard InChI is InChI=1S/C63H108O6/c1-4-7-10-13-16-19-22-25-28-30-32-34-35-38-41-44-47-50-53-56-62(65)68-59-60(58-67-61(64)55-52-49-46-43-40-37-27-24-21-18-15-12-9-6-3)69-63(66)57-54-51-48-45-42-39-36-33-31-29-26-23-20-17-14-11-8-5-2/h9,11-12,14,17-18,20-21,23,26,29,31,33,36,60H,4-8,10,13,15-16,19,22,24-25,27-28,30,32,34-35,37-59H2,1-3H3/b12-9-,14-11-,20-17-,21-18-,26-23-,31-29-,36-33-. The molecule has 0 aliphatic rings. The van der Waals surface area contributed by atoms with Crippen molar-refractivity contribution in [2.24, 2.45) is 0 Å². The smallest absolute Gasteiger partial charge is 0.306 e. The Balaban J connectivity index is 4.41. The highest BCUT2D eigenvalue weighted by Crippen LogP contribution is 2.16. The van der Waals surface area contributed by atoms with E-state index in [9.17, 15) is 14.4 Å². The molecule has 0 fully saturated rings. The van der Waals surface area contributed by atoms with Crippen LogP contribution in [0.5, 0.6) is 0 Å². The van der Waals surface area contributed by atoms with Crippen LogP contribution in [0.15, 0.2) is 85.1 Å². The van der Waals surface area contributed by atoms with Gasteiger partial charge in [-0.15, -0.1) is 0 Å². The second-order valence-corrected chi connectivity index (χ2v) is 19.3. The van der Waals surface area contributed by atoms with Crippen LogP contribution in [-0.2, 0) is 28.6 Å². The Hall–Kier alpha value is -3.41. The normalized spacial score (nSPS) is 12.7. The Bertz CT molecular complexity index is 1330. The molecule has 0 aromatic carbocycles. The molecule has 6 heteroatoms. The van der Waals surface area contributed by atoms with E-state index < -0.39 is 6.10 Å². The summed E-state index contributed by atoms with van der Waals surface area (Å²) >= 11 is 0. The molecule has 69 heavy (non-hydrogen) atoms. The third-order valence-electron chi connectivity index (χ3n) is 12.5. The van der Waals surface area contributed by atoms with Crippen LogP contribution >= 0.6 is 0 Å². The van der Waals surface area contributed by atoms with Gasteiger partial charge in [-0.3, -0.25) is 14.4 Å². The molecule has 0 N–H and O–H groups in total. The average Bonchev–Trinajstić information content (AvgIpc) is 3.35. The quantitative estimate of drug-likeness (QED) is 0.0199. The fourth-order valence-corrected chi connectivity index (χ4v) is 8.16. The molecule has 1 unspecified atom stereocenters. The van der Waals surface area contributed by atoms with Crippen LogP contribution < -0.4 is 0 Å². The van der Waals surface area contributed by atoms with Crippen molar-refractivity contribution in [3.05, 3.63) is 85.1 Å². The molecule has 0 saturated heterocycles. The zero-order chi connectivity index (χ0) is 50.0. The minimum Gasteiger partial charge on any atom is -0.462 e. The molecule has 0 amide bonds. The lowest BCUT2D eigenvalue weighted by molar-refractivity contribution is -0.167. The van der Waals surface area contributed by atoms with Crippen LogP contribution in [-0.4, -0.2) is 37.2 Å². The fraction of sp³-hybridized carbons (Fsp3) is 0.730.